The fourth-order valence-electron chi connectivity index (χ4n) is 2.60. The van der Waals surface area contributed by atoms with Gasteiger partial charge in [0.15, 0.2) is 0 Å². The zero-order chi connectivity index (χ0) is 12.5. The number of hydrogen-bond acceptors (Lipinski definition) is 3. The predicted molar refractivity (Wildman–Crippen MR) is 70.8 cm³/mol. The summed E-state index contributed by atoms with van der Waals surface area (Å²) < 4.78 is 5.02. The van der Waals surface area contributed by atoms with E-state index in [-0.39, 0.29) is 0 Å². The van der Waals surface area contributed by atoms with Crippen LogP contribution in [0.4, 0.5) is 5.69 Å². The molecule has 2 aromatic rings. The van der Waals surface area contributed by atoms with Gasteiger partial charge in [0.2, 0.25) is 0 Å². The maximum atomic E-state index is 10.3. The van der Waals surface area contributed by atoms with E-state index in [9.17, 15) is 5.11 Å². The number of fused-ring (bicyclic) bond motifs is 1. The Morgan fingerprint density at radius 2 is 2.17 bits per heavy atom. The van der Waals surface area contributed by atoms with Gasteiger partial charge in [-0.25, -0.2) is 0 Å². The van der Waals surface area contributed by atoms with Gasteiger partial charge in [0.1, 0.15) is 6.10 Å². The summed E-state index contributed by atoms with van der Waals surface area (Å²) in [5, 5.41) is 10.3. The van der Waals surface area contributed by atoms with Crippen LogP contribution in [0.25, 0.3) is 0 Å². The average Bonchev–Trinajstić information content (AvgIpc) is 2.91. The molecule has 1 unspecified atom stereocenters. The maximum absolute atomic E-state index is 10.3. The highest BCUT2D eigenvalue weighted by Gasteiger charge is 2.17. The number of rotatable bonds is 2. The zero-order valence-corrected chi connectivity index (χ0v) is 10.5. The van der Waals surface area contributed by atoms with Crippen molar-refractivity contribution in [3.8, 4) is 0 Å². The van der Waals surface area contributed by atoms with Crippen molar-refractivity contribution in [1.29, 1.82) is 0 Å². The van der Waals surface area contributed by atoms with Crippen LogP contribution >= 0.6 is 0 Å². The Labute approximate surface area is 107 Å². The molecule has 0 aliphatic carbocycles. The van der Waals surface area contributed by atoms with E-state index >= 15 is 0 Å². The van der Waals surface area contributed by atoms with Crippen LogP contribution in [0.3, 0.4) is 0 Å². The topological polar surface area (TPSA) is 36.6 Å². The van der Waals surface area contributed by atoms with E-state index in [1.165, 1.54) is 17.7 Å². The summed E-state index contributed by atoms with van der Waals surface area (Å²) >= 11 is 0. The second-order valence-corrected chi connectivity index (χ2v) is 4.87. The molecule has 1 aliphatic heterocycles. The minimum Gasteiger partial charge on any atom is -0.472 e. The van der Waals surface area contributed by atoms with Gasteiger partial charge in [0, 0.05) is 24.8 Å². The van der Waals surface area contributed by atoms with Gasteiger partial charge < -0.3 is 14.4 Å². The van der Waals surface area contributed by atoms with Crippen molar-refractivity contribution in [2.75, 3.05) is 18.5 Å². The quantitative estimate of drug-likeness (QED) is 0.881. The van der Waals surface area contributed by atoms with Crippen LogP contribution in [-0.2, 0) is 6.42 Å². The molecule has 3 nitrogen and oxygen atoms in total. The van der Waals surface area contributed by atoms with Crippen molar-refractivity contribution in [2.45, 2.75) is 18.9 Å². The average molecular weight is 243 g/mol. The standard InChI is InChI=1S/C15H17NO2/c1-16-7-2-3-11-9-12(4-5-14(11)16)15(17)13-6-8-18-10-13/h4-6,8-10,15,17H,2-3,7H2,1H3. The first kappa shape index (κ1) is 11.4. The van der Waals surface area contributed by atoms with Crippen LogP contribution in [0.2, 0.25) is 0 Å². The number of nitrogens with zero attached hydrogens (tertiary/aromatic N) is 1. The van der Waals surface area contributed by atoms with E-state index in [4.69, 9.17) is 4.42 Å². The highest BCUT2D eigenvalue weighted by molar-refractivity contribution is 5.56. The number of aryl methyl sites for hydroxylation is 1. The van der Waals surface area contributed by atoms with Crippen LogP contribution in [0.1, 0.15) is 29.2 Å². The number of aliphatic hydroxyl groups is 1. The Hall–Kier alpha value is -1.74. The molecule has 0 saturated heterocycles. The van der Waals surface area contributed by atoms with Crippen LogP contribution in [0, 0.1) is 0 Å². The maximum Gasteiger partial charge on any atom is 0.107 e. The van der Waals surface area contributed by atoms with Crippen molar-refractivity contribution in [1.82, 2.24) is 0 Å². The number of furan rings is 1. The SMILES string of the molecule is CN1CCCc2cc(C(O)c3ccoc3)ccc21. The van der Waals surface area contributed by atoms with Crippen LogP contribution in [-0.4, -0.2) is 18.7 Å². The van der Waals surface area contributed by atoms with Crippen molar-refractivity contribution < 1.29 is 9.52 Å². The molecule has 1 aromatic heterocycles. The summed E-state index contributed by atoms with van der Waals surface area (Å²) in [6.45, 7) is 1.11. The molecule has 1 N–H and O–H groups in total. The Morgan fingerprint density at radius 3 is 2.94 bits per heavy atom. The smallest absolute Gasteiger partial charge is 0.107 e. The summed E-state index contributed by atoms with van der Waals surface area (Å²) in [7, 11) is 2.12. The molecule has 94 valence electrons. The van der Waals surface area contributed by atoms with Gasteiger partial charge in [0.25, 0.3) is 0 Å². The Kier molecular flexibility index (Phi) is 2.84. The third-order valence-electron chi connectivity index (χ3n) is 3.63. The van der Waals surface area contributed by atoms with E-state index in [1.807, 2.05) is 6.07 Å². The lowest BCUT2D eigenvalue weighted by Gasteiger charge is -2.28. The second-order valence-electron chi connectivity index (χ2n) is 4.87. The number of benzene rings is 1. The number of anilines is 1. The summed E-state index contributed by atoms with van der Waals surface area (Å²) in [4.78, 5) is 2.27. The van der Waals surface area contributed by atoms with Gasteiger partial charge in [-0.05, 0) is 36.1 Å². The van der Waals surface area contributed by atoms with Gasteiger partial charge in [-0.3, -0.25) is 0 Å². The molecule has 0 spiro atoms. The first-order chi connectivity index (χ1) is 8.75. The van der Waals surface area contributed by atoms with Gasteiger partial charge >= 0.3 is 0 Å². The fourth-order valence-corrected chi connectivity index (χ4v) is 2.60. The Balaban J connectivity index is 1.95. The highest BCUT2D eigenvalue weighted by atomic mass is 16.3. The van der Waals surface area contributed by atoms with Crippen LogP contribution in [0.15, 0.2) is 41.2 Å². The van der Waals surface area contributed by atoms with Crippen LogP contribution in [0.5, 0.6) is 0 Å². The molecule has 1 aromatic carbocycles. The number of aliphatic hydroxyl groups excluding tert-OH is 1. The molecule has 3 rings (SSSR count). The molecular formula is C15H17NO2. The zero-order valence-electron chi connectivity index (χ0n) is 10.5. The predicted octanol–water partition coefficient (Wildman–Crippen LogP) is 2.74. The van der Waals surface area contributed by atoms with Crippen molar-refractivity contribution >= 4 is 5.69 Å². The summed E-state index contributed by atoms with van der Waals surface area (Å²) in [6, 6.07) is 8.02. The van der Waals surface area contributed by atoms with Crippen molar-refractivity contribution in [2.24, 2.45) is 0 Å². The first-order valence-corrected chi connectivity index (χ1v) is 6.30. The molecule has 1 aliphatic rings. The van der Waals surface area contributed by atoms with E-state index < -0.39 is 6.10 Å². The van der Waals surface area contributed by atoms with E-state index in [2.05, 4.69) is 24.1 Å². The molecule has 18 heavy (non-hydrogen) atoms. The first-order valence-electron chi connectivity index (χ1n) is 6.30. The second kappa shape index (κ2) is 4.50. The third kappa shape index (κ3) is 1.91. The van der Waals surface area contributed by atoms with E-state index in [1.54, 1.807) is 18.6 Å². The van der Waals surface area contributed by atoms with Crippen molar-refractivity contribution in [3.05, 3.63) is 53.5 Å². The van der Waals surface area contributed by atoms with Gasteiger partial charge in [-0.1, -0.05) is 12.1 Å². The third-order valence-corrected chi connectivity index (χ3v) is 3.63. The lowest BCUT2D eigenvalue weighted by molar-refractivity contribution is 0.219. The monoisotopic (exact) mass is 243 g/mol. The van der Waals surface area contributed by atoms with E-state index in [0.717, 1.165) is 24.1 Å². The summed E-state index contributed by atoms with van der Waals surface area (Å²) in [6.07, 6.45) is 4.85. The normalized spacial score (nSPS) is 16.4. The van der Waals surface area contributed by atoms with Gasteiger partial charge in [0.05, 0.1) is 12.5 Å². The molecule has 0 bridgehead atoms. The van der Waals surface area contributed by atoms with Gasteiger partial charge in [-0.15, -0.1) is 0 Å². The molecule has 3 heteroatoms. The lowest BCUT2D eigenvalue weighted by Crippen LogP contribution is -2.24. The molecule has 0 amide bonds. The lowest BCUT2D eigenvalue weighted by atomic mass is 9.96. The summed E-state index contributed by atoms with van der Waals surface area (Å²) in [5.41, 5.74) is 4.35. The van der Waals surface area contributed by atoms with Crippen LogP contribution < -0.4 is 4.90 Å². The molecule has 1 atom stereocenters. The molecular weight excluding hydrogens is 226 g/mol. The van der Waals surface area contributed by atoms with Gasteiger partial charge in [-0.2, -0.15) is 0 Å². The minimum atomic E-state index is -0.596. The highest BCUT2D eigenvalue weighted by Crippen LogP contribution is 2.30. The minimum absolute atomic E-state index is 0.596. The fraction of sp³-hybridized carbons (Fsp3) is 0.333. The largest absolute Gasteiger partial charge is 0.472 e. The molecule has 0 radical (unpaired) electrons. The molecule has 0 saturated carbocycles. The van der Waals surface area contributed by atoms with E-state index in [0.29, 0.717) is 0 Å². The Morgan fingerprint density at radius 1 is 1.28 bits per heavy atom. The Bertz CT molecular complexity index is 533. The van der Waals surface area contributed by atoms with Crippen molar-refractivity contribution in [3.63, 3.8) is 0 Å². The molecule has 0 fully saturated rings. The molecule has 2 heterocycles. The summed E-state index contributed by atoms with van der Waals surface area (Å²) in [5.74, 6) is 0. The number of hydrogen-bond donors (Lipinski definition) is 1.